The van der Waals surface area contributed by atoms with Gasteiger partial charge in [-0.15, -0.1) is 0 Å². The van der Waals surface area contributed by atoms with E-state index in [-0.39, 0.29) is 5.69 Å². The Morgan fingerprint density at radius 2 is 2.00 bits per heavy atom. The molecular formula is C13H17ClN2O3. The first kappa shape index (κ1) is 14.1. The molecule has 0 bridgehead atoms. The van der Waals surface area contributed by atoms with Gasteiger partial charge in [0.1, 0.15) is 0 Å². The summed E-state index contributed by atoms with van der Waals surface area (Å²) in [6.45, 7) is 5.05. The number of hydrogen-bond donors (Lipinski definition) is 1. The van der Waals surface area contributed by atoms with Gasteiger partial charge in [0, 0.05) is 25.2 Å². The maximum absolute atomic E-state index is 10.8. The molecule has 0 aliphatic carbocycles. The van der Waals surface area contributed by atoms with Crippen LogP contribution in [0, 0.1) is 17.0 Å². The van der Waals surface area contributed by atoms with Gasteiger partial charge >= 0.3 is 0 Å². The average molecular weight is 285 g/mol. The largest absolute Gasteiger partial charge is 0.390 e. The second-order valence-electron chi connectivity index (χ2n) is 5.33. The standard InChI is InChI=1S/C13H17ClN2O3/c1-9-7-10(16(18)19)8-11(14)12(9)15-5-3-13(2,17)4-6-15/h7-8,17H,3-6H2,1-2H3. The van der Waals surface area contributed by atoms with Crippen LogP contribution in [0.1, 0.15) is 25.3 Å². The van der Waals surface area contributed by atoms with E-state index in [2.05, 4.69) is 4.90 Å². The summed E-state index contributed by atoms with van der Waals surface area (Å²) in [6, 6.07) is 2.92. The van der Waals surface area contributed by atoms with Gasteiger partial charge in [-0.3, -0.25) is 10.1 Å². The summed E-state index contributed by atoms with van der Waals surface area (Å²) in [5, 5.41) is 21.1. The number of nitro benzene ring substituents is 1. The van der Waals surface area contributed by atoms with E-state index in [1.54, 1.807) is 0 Å². The summed E-state index contributed by atoms with van der Waals surface area (Å²) >= 11 is 6.17. The number of hydrogen-bond acceptors (Lipinski definition) is 4. The van der Waals surface area contributed by atoms with Crippen LogP contribution >= 0.6 is 11.6 Å². The maximum Gasteiger partial charge on any atom is 0.271 e. The lowest BCUT2D eigenvalue weighted by Crippen LogP contribution is -2.42. The van der Waals surface area contributed by atoms with Gasteiger partial charge in [-0.05, 0) is 32.3 Å². The number of aliphatic hydroxyl groups is 1. The lowest BCUT2D eigenvalue weighted by Gasteiger charge is -2.38. The van der Waals surface area contributed by atoms with Crippen LogP contribution in [0.25, 0.3) is 0 Å². The summed E-state index contributed by atoms with van der Waals surface area (Å²) < 4.78 is 0. The van der Waals surface area contributed by atoms with E-state index in [0.29, 0.717) is 31.0 Å². The number of anilines is 1. The van der Waals surface area contributed by atoms with Crippen LogP contribution in [0.3, 0.4) is 0 Å². The van der Waals surface area contributed by atoms with Crippen molar-refractivity contribution in [1.82, 2.24) is 0 Å². The van der Waals surface area contributed by atoms with Crippen molar-refractivity contribution in [3.63, 3.8) is 0 Å². The van der Waals surface area contributed by atoms with Crippen LogP contribution in [0.15, 0.2) is 12.1 Å². The molecule has 0 spiro atoms. The summed E-state index contributed by atoms with van der Waals surface area (Å²) in [5.74, 6) is 0. The van der Waals surface area contributed by atoms with E-state index in [0.717, 1.165) is 11.3 Å². The highest BCUT2D eigenvalue weighted by Crippen LogP contribution is 2.36. The molecule has 0 unspecified atom stereocenters. The number of non-ortho nitro benzene ring substituents is 1. The minimum atomic E-state index is -0.627. The first-order valence-corrected chi connectivity index (χ1v) is 6.60. The van der Waals surface area contributed by atoms with Crippen LogP contribution in [-0.2, 0) is 0 Å². The highest BCUT2D eigenvalue weighted by atomic mass is 35.5. The fraction of sp³-hybridized carbons (Fsp3) is 0.538. The van der Waals surface area contributed by atoms with Gasteiger partial charge in [-0.1, -0.05) is 11.6 Å². The number of halogens is 1. The molecule has 1 aliphatic rings. The minimum Gasteiger partial charge on any atom is -0.390 e. The van der Waals surface area contributed by atoms with Gasteiger partial charge < -0.3 is 10.0 Å². The lowest BCUT2D eigenvalue weighted by atomic mass is 9.93. The zero-order valence-corrected chi connectivity index (χ0v) is 11.8. The monoisotopic (exact) mass is 284 g/mol. The molecule has 0 saturated carbocycles. The topological polar surface area (TPSA) is 66.6 Å². The predicted octanol–water partition coefficient (Wildman–Crippen LogP) is 2.91. The normalized spacial score (nSPS) is 18.4. The fourth-order valence-electron chi connectivity index (χ4n) is 2.44. The Balaban J connectivity index is 2.29. The number of rotatable bonds is 2. The van der Waals surface area contributed by atoms with Crippen molar-refractivity contribution < 1.29 is 10.0 Å². The molecule has 1 heterocycles. The molecule has 19 heavy (non-hydrogen) atoms. The minimum absolute atomic E-state index is 0.00950. The zero-order chi connectivity index (χ0) is 14.2. The average Bonchev–Trinajstić information content (AvgIpc) is 2.30. The first-order chi connectivity index (χ1) is 8.80. The Morgan fingerprint density at radius 1 is 1.42 bits per heavy atom. The number of aryl methyl sites for hydroxylation is 1. The molecule has 1 fully saturated rings. The van der Waals surface area contributed by atoms with E-state index < -0.39 is 10.5 Å². The molecule has 0 aromatic heterocycles. The molecule has 0 atom stereocenters. The molecule has 104 valence electrons. The van der Waals surface area contributed by atoms with E-state index >= 15 is 0 Å². The summed E-state index contributed by atoms with van der Waals surface area (Å²) in [6.07, 6.45) is 1.33. The third-order valence-electron chi connectivity index (χ3n) is 3.61. The quantitative estimate of drug-likeness (QED) is 0.670. The van der Waals surface area contributed by atoms with Crippen molar-refractivity contribution in [1.29, 1.82) is 0 Å². The van der Waals surface area contributed by atoms with Crippen LogP contribution < -0.4 is 4.90 Å². The van der Waals surface area contributed by atoms with E-state index in [1.807, 2.05) is 13.8 Å². The molecule has 1 aromatic carbocycles. The first-order valence-electron chi connectivity index (χ1n) is 6.22. The molecule has 2 rings (SSSR count). The molecule has 1 aliphatic heterocycles. The molecule has 0 amide bonds. The Labute approximate surface area is 116 Å². The zero-order valence-electron chi connectivity index (χ0n) is 11.0. The number of nitro groups is 1. The van der Waals surface area contributed by atoms with Gasteiger partial charge in [0.25, 0.3) is 5.69 Å². The molecular weight excluding hydrogens is 268 g/mol. The molecule has 5 nitrogen and oxygen atoms in total. The molecule has 6 heteroatoms. The van der Waals surface area contributed by atoms with Crippen molar-refractivity contribution in [3.05, 3.63) is 32.8 Å². The van der Waals surface area contributed by atoms with Crippen molar-refractivity contribution in [2.24, 2.45) is 0 Å². The van der Waals surface area contributed by atoms with E-state index in [4.69, 9.17) is 11.6 Å². The van der Waals surface area contributed by atoms with Crippen LogP contribution in [0.2, 0.25) is 5.02 Å². The highest BCUT2D eigenvalue weighted by molar-refractivity contribution is 6.33. The van der Waals surface area contributed by atoms with E-state index in [1.165, 1.54) is 12.1 Å². The van der Waals surface area contributed by atoms with Gasteiger partial charge in [0.05, 0.1) is 21.2 Å². The molecule has 0 radical (unpaired) electrons. The van der Waals surface area contributed by atoms with Gasteiger partial charge in [0.2, 0.25) is 0 Å². The predicted molar refractivity (Wildman–Crippen MR) is 74.9 cm³/mol. The number of nitrogens with zero attached hydrogens (tertiary/aromatic N) is 2. The van der Waals surface area contributed by atoms with Gasteiger partial charge in [-0.25, -0.2) is 0 Å². The van der Waals surface area contributed by atoms with Gasteiger partial charge in [0.15, 0.2) is 0 Å². The SMILES string of the molecule is Cc1cc([N+](=O)[O-])cc(Cl)c1N1CCC(C)(O)CC1. The molecule has 1 N–H and O–H groups in total. The smallest absolute Gasteiger partial charge is 0.271 e. The summed E-state index contributed by atoms with van der Waals surface area (Å²) in [4.78, 5) is 12.4. The Hall–Kier alpha value is -1.33. The number of benzene rings is 1. The molecule has 1 saturated heterocycles. The van der Waals surface area contributed by atoms with Crippen molar-refractivity contribution in [2.75, 3.05) is 18.0 Å². The Morgan fingerprint density at radius 3 is 2.47 bits per heavy atom. The number of piperidine rings is 1. The summed E-state index contributed by atoms with van der Waals surface area (Å²) in [5.41, 5.74) is 1.01. The van der Waals surface area contributed by atoms with Crippen molar-refractivity contribution in [3.8, 4) is 0 Å². The Kier molecular flexibility index (Phi) is 3.69. The lowest BCUT2D eigenvalue weighted by molar-refractivity contribution is -0.384. The van der Waals surface area contributed by atoms with Crippen molar-refractivity contribution in [2.45, 2.75) is 32.3 Å². The van der Waals surface area contributed by atoms with Crippen LogP contribution in [0.5, 0.6) is 0 Å². The summed E-state index contributed by atoms with van der Waals surface area (Å²) in [7, 11) is 0. The van der Waals surface area contributed by atoms with E-state index in [9.17, 15) is 15.2 Å². The molecule has 1 aromatic rings. The van der Waals surface area contributed by atoms with Crippen LogP contribution in [-0.4, -0.2) is 28.7 Å². The second-order valence-corrected chi connectivity index (χ2v) is 5.74. The van der Waals surface area contributed by atoms with Crippen molar-refractivity contribution >= 4 is 23.0 Å². The maximum atomic E-state index is 10.8. The highest BCUT2D eigenvalue weighted by Gasteiger charge is 2.29. The second kappa shape index (κ2) is 4.98. The fourth-order valence-corrected chi connectivity index (χ4v) is 2.82. The third kappa shape index (κ3) is 2.98. The Bertz CT molecular complexity index is 484. The third-order valence-corrected chi connectivity index (χ3v) is 3.89. The van der Waals surface area contributed by atoms with Gasteiger partial charge in [-0.2, -0.15) is 0 Å². The van der Waals surface area contributed by atoms with Crippen LogP contribution in [0.4, 0.5) is 11.4 Å².